The van der Waals surface area contributed by atoms with Crippen LogP contribution in [0.1, 0.15) is 6.92 Å². The standard InChI is InChI=1S/C8H14N4OS/c1-6(5-13-2)11-8(14)12-7-3-9-10-4-7/h3-4,6H,5H2,1-2H3,(H,9,10)(H2,11,12,14). The Labute approximate surface area is 88.2 Å². The molecule has 78 valence electrons. The van der Waals surface area contributed by atoms with E-state index in [4.69, 9.17) is 17.0 Å². The summed E-state index contributed by atoms with van der Waals surface area (Å²) >= 11 is 5.07. The molecule has 0 saturated heterocycles. The van der Waals surface area contributed by atoms with Gasteiger partial charge in [-0.1, -0.05) is 0 Å². The van der Waals surface area contributed by atoms with Crippen molar-refractivity contribution in [2.75, 3.05) is 19.0 Å². The van der Waals surface area contributed by atoms with Crippen LogP contribution in [0.5, 0.6) is 0 Å². The molecule has 0 aliphatic rings. The Morgan fingerprint density at radius 3 is 3.14 bits per heavy atom. The minimum atomic E-state index is 0.187. The van der Waals surface area contributed by atoms with Crippen LogP contribution in [0.3, 0.4) is 0 Å². The lowest BCUT2D eigenvalue weighted by molar-refractivity contribution is 0.179. The third-order valence-electron chi connectivity index (χ3n) is 1.55. The van der Waals surface area contributed by atoms with Crippen molar-refractivity contribution in [3.8, 4) is 0 Å². The van der Waals surface area contributed by atoms with E-state index in [2.05, 4.69) is 20.8 Å². The van der Waals surface area contributed by atoms with E-state index < -0.39 is 0 Å². The lowest BCUT2D eigenvalue weighted by Gasteiger charge is -2.15. The number of H-pyrrole nitrogens is 1. The van der Waals surface area contributed by atoms with Crippen LogP contribution >= 0.6 is 12.2 Å². The van der Waals surface area contributed by atoms with Crippen molar-refractivity contribution in [1.29, 1.82) is 0 Å². The Bertz CT molecular complexity index is 275. The number of aromatic nitrogens is 2. The Morgan fingerprint density at radius 2 is 2.57 bits per heavy atom. The van der Waals surface area contributed by atoms with Crippen LogP contribution in [-0.4, -0.2) is 35.1 Å². The van der Waals surface area contributed by atoms with Crippen molar-refractivity contribution < 1.29 is 4.74 Å². The van der Waals surface area contributed by atoms with Crippen LogP contribution in [0.15, 0.2) is 12.4 Å². The summed E-state index contributed by atoms with van der Waals surface area (Å²) in [7, 11) is 1.66. The van der Waals surface area contributed by atoms with Gasteiger partial charge in [0.2, 0.25) is 0 Å². The Balaban J connectivity index is 2.29. The normalized spacial score (nSPS) is 12.1. The van der Waals surface area contributed by atoms with Crippen LogP contribution in [0, 0.1) is 0 Å². The molecule has 3 N–H and O–H groups in total. The summed E-state index contributed by atoms with van der Waals surface area (Å²) in [6.07, 6.45) is 3.39. The van der Waals surface area contributed by atoms with Crippen LogP contribution in [0.2, 0.25) is 0 Å². The second-order valence-electron chi connectivity index (χ2n) is 2.94. The van der Waals surface area contributed by atoms with E-state index in [1.165, 1.54) is 0 Å². The molecule has 1 aromatic heterocycles. The number of methoxy groups -OCH3 is 1. The molecule has 0 aromatic carbocycles. The Hall–Kier alpha value is -1.14. The van der Waals surface area contributed by atoms with Gasteiger partial charge in [-0.2, -0.15) is 5.10 Å². The number of aromatic amines is 1. The summed E-state index contributed by atoms with van der Waals surface area (Å²) < 4.78 is 4.97. The fourth-order valence-corrected chi connectivity index (χ4v) is 1.32. The van der Waals surface area contributed by atoms with Crippen molar-refractivity contribution in [2.24, 2.45) is 0 Å². The van der Waals surface area contributed by atoms with E-state index in [0.29, 0.717) is 11.7 Å². The average molecular weight is 214 g/mol. The van der Waals surface area contributed by atoms with Gasteiger partial charge < -0.3 is 15.4 Å². The number of anilines is 1. The highest BCUT2D eigenvalue weighted by molar-refractivity contribution is 7.80. The van der Waals surface area contributed by atoms with E-state index in [1.807, 2.05) is 6.92 Å². The lowest BCUT2D eigenvalue weighted by Crippen LogP contribution is -2.38. The van der Waals surface area contributed by atoms with Crippen LogP contribution < -0.4 is 10.6 Å². The second kappa shape index (κ2) is 5.56. The largest absolute Gasteiger partial charge is 0.383 e. The molecule has 0 aliphatic heterocycles. The third-order valence-corrected chi connectivity index (χ3v) is 1.77. The molecule has 14 heavy (non-hydrogen) atoms. The molecule has 0 spiro atoms. The molecular weight excluding hydrogens is 200 g/mol. The SMILES string of the molecule is COCC(C)NC(=S)Nc1cn[nH]c1. The van der Waals surface area contributed by atoms with E-state index in [9.17, 15) is 0 Å². The highest BCUT2D eigenvalue weighted by Crippen LogP contribution is 2.00. The topological polar surface area (TPSA) is 62.0 Å². The highest BCUT2D eigenvalue weighted by Gasteiger charge is 2.03. The minimum absolute atomic E-state index is 0.187. The zero-order valence-corrected chi connectivity index (χ0v) is 9.02. The Morgan fingerprint density at radius 1 is 1.79 bits per heavy atom. The van der Waals surface area contributed by atoms with E-state index >= 15 is 0 Å². The van der Waals surface area contributed by atoms with Crippen molar-refractivity contribution in [3.05, 3.63) is 12.4 Å². The van der Waals surface area contributed by atoms with Gasteiger partial charge in [0.15, 0.2) is 5.11 Å². The Kier molecular flexibility index (Phi) is 4.34. The van der Waals surface area contributed by atoms with Crippen molar-refractivity contribution in [1.82, 2.24) is 15.5 Å². The first-order valence-corrected chi connectivity index (χ1v) is 4.68. The first-order chi connectivity index (χ1) is 6.72. The molecule has 0 saturated carbocycles. The van der Waals surface area contributed by atoms with Crippen molar-refractivity contribution in [3.63, 3.8) is 0 Å². The summed E-state index contributed by atoms with van der Waals surface area (Å²) in [5.74, 6) is 0. The number of nitrogens with one attached hydrogen (secondary N) is 3. The van der Waals surface area contributed by atoms with Gasteiger partial charge in [-0.25, -0.2) is 0 Å². The van der Waals surface area contributed by atoms with Crippen molar-refractivity contribution >= 4 is 23.0 Å². The van der Waals surface area contributed by atoms with Gasteiger partial charge in [0.1, 0.15) is 0 Å². The maximum atomic E-state index is 5.07. The van der Waals surface area contributed by atoms with Gasteiger partial charge in [0, 0.05) is 19.3 Å². The van der Waals surface area contributed by atoms with Gasteiger partial charge in [0.25, 0.3) is 0 Å². The maximum absolute atomic E-state index is 5.07. The second-order valence-corrected chi connectivity index (χ2v) is 3.35. The predicted molar refractivity (Wildman–Crippen MR) is 59.3 cm³/mol. The zero-order valence-electron chi connectivity index (χ0n) is 8.20. The van der Waals surface area contributed by atoms with Gasteiger partial charge in [0.05, 0.1) is 18.5 Å². The summed E-state index contributed by atoms with van der Waals surface area (Å²) in [5.41, 5.74) is 0.840. The summed E-state index contributed by atoms with van der Waals surface area (Å²) in [4.78, 5) is 0. The molecule has 0 aliphatic carbocycles. The smallest absolute Gasteiger partial charge is 0.171 e. The number of ether oxygens (including phenoxy) is 1. The van der Waals surface area contributed by atoms with Crippen LogP contribution in [0.4, 0.5) is 5.69 Å². The van der Waals surface area contributed by atoms with E-state index in [1.54, 1.807) is 19.5 Å². The number of rotatable bonds is 4. The van der Waals surface area contributed by atoms with Crippen LogP contribution in [-0.2, 0) is 4.74 Å². The maximum Gasteiger partial charge on any atom is 0.171 e. The van der Waals surface area contributed by atoms with E-state index in [-0.39, 0.29) is 6.04 Å². The van der Waals surface area contributed by atoms with Gasteiger partial charge in [-0.05, 0) is 19.1 Å². The first kappa shape index (κ1) is 10.9. The molecular formula is C8H14N4OS. The molecule has 0 fully saturated rings. The predicted octanol–water partition coefficient (Wildman–Crippen LogP) is 0.731. The molecule has 0 bridgehead atoms. The average Bonchev–Trinajstić information content (AvgIpc) is 2.56. The molecule has 1 rings (SSSR count). The molecule has 0 radical (unpaired) electrons. The fraction of sp³-hybridized carbons (Fsp3) is 0.500. The molecule has 5 nitrogen and oxygen atoms in total. The van der Waals surface area contributed by atoms with Gasteiger partial charge in [-0.3, -0.25) is 5.10 Å². The fourth-order valence-electron chi connectivity index (χ4n) is 1.00. The number of hydrogen-bond donors (Lipinski definition) is 3. The first-order valence-electron chi connectivity index (χ1n) is 4.27. The van der Waals surface area contributed by atoms with Crippen molar-refractivity contribution in [2.45, 2.75) is 13.0 Å². The quantitative estimate of drug-likeness (QED) is 0.645. The molecule has 1 unspecified atom stereocenters. The molecule has 1 atom stereocenters. The molecule has 6 heteroatoms. The van der Waals surface area contributed by atoms with Crippen LogP contribution in [0.25, 0.3) is 0 Å². The number of nitrogens with zero attached hydrogens (tertiary/aromatic N) is 1. The monoisotopic (exact) mass is 214 g/mol. The minimum Gasteiger partial charge on any atom is -0.383 e. The van der Waals surface area contributed by atoms with Gasteiger partial charge in [-0.15, -0.1) is 0 Å². The van der Waals surface area contributed by atoms with Gasteiger partial charge >= 0.3 is 0 Å². The summed E-state index contributed by atoms with van der Waals surface area (Å²) in [5, 5.41) is 13.1. The lowest BCUT2D eigenvalue weighted by atomic mass is 10.4. The molecule has 1 heterocycles. The molecule has 0 amide bonds. The number of hydrogen-bond acceptors (Lipinski definition) is 3. The summed E-state index contributed by atoms with van der Waals surface area (Å²) in [6, 6.07) is 0.187. The summed E-state index contributed by atoms with van der Waals surface area (Å²) in [6.45, 7) is 2.61. The van der Waals surface area contributed by atoms with E-state index in [0.717, 1.165) is 5.69 Å². The third kappa shape index (κ3) is 3.71. The molecule has 1 aromatic rings. The number of thiocarbonyl (C=S) groups is 1. The zero-order chi connectivity index (χ0) is 10.4. The highest BCUT2D eigenvalue weighted by atomic mass is 32.1.